The molecule has 1 aliphatic rings. The zero-order valence-corrected chi connectivity index (χ0v) is 17.2. The summed E-state index contributed by atoms with van der Waals surface area (Å²) in [6.45, 7) is 0.609. The number of amides is 1. The molecule has 3 heterocycles. The summed E-state index contributed by atoms with van der Waals surface area (Å²) in [4.78, 5) is 19.8. The number of benzene rings is 1. The molecule has 0 unspecified atom stereocenters. The molecule has 3 aromatic heterocycles. The molecule has 7 nitrogen and oxygen atoms in total. The van der Waals surface area contributed by atoms with Crippen LogP contribution < -0.4 is 5.32 Å². The predicted octanol–water partition coefficient (Wildman–Crippen LogP) is 3.61. The third-order valence-electron chi connectivity index (χ3n) is 5.22. The van der Waals surface area contributed by atoms with E-state index in [9.17, 15) is 4.79 Å². The van der Waals surface area contributed by atoms with Crippen LogP contribution in [0.15, 0.2) is 60.1 Å². The Hall–Kier alpha value is -3.13. The van der Waals surface area contributed by atoms with Gasteiger partial charge in [-0.25, -0.2) is 0 Å². The van der Waals surface area contributed by atoms with Crippen molar-refractivity contribution in [1.82, 2.24) is 30.0 Å². The van der Waals surface area contributed by atoms with Gasteiger partial charge in [0.25, 0.3) is 0 Å². The molecule has 0 bridgehead atoms. The topological polar surface area (TPSA) is 88.5 Å². The Bertz CT molecular complexity index is 1160. The predicted molar refractivity (Wildman–Crippen MR) is 117 cm³/mol. The van der Waals surface area contributed by atoms with Crippen molar-refractivity contribution in [3.63, 3.8) is 0 Å². The first-order valence-corrected chi connectivity index (χ1v) is 11.1. The maximum absolute atomic E-state index is 12.4. The molecule has 1 fully saturated rings. The largest absolute Gasteiger partial charge is 0.361 e. The molecule has 0 atom stereocenters. The Kier molecular flexibility index (Phi) is 5.23. The average Bonchev–Trinajstić information content (AvgIpc) is 3.40. The highest BCUT2D eigenvalue weighted by Crippen LogP contribution is 2.40. The standard InChI is InChI=1S/C22H22N6OS/c29-20(24-11-9-15-13-25-19-6-2-1-5-18(15)19)14-30-22-27-26-21(28(22)17-7-8-17)16-4-3-10-23-12-16/h1-6,10,12-13,17,25H,7-9,11,14H2,(H,24,29). The normalized spacial score (nSPS) is 13.6. The minimum Gasteiger partial charge on any atom is -0.361 e. The molecule has 1 aliphatic carbocycles. The molecule has 4 aromatic rings. The van der Waals surface area contributed by atoms with Crippen molar-refractivity contribution in [1.29, 1.82) is 0 Å². The summed E-state index contributed by atoms with van der Waals surface area (Å²) in [5.41, 5.74) is 3.29. The van der Waals surface area contributed by atoms with Crippen LogP contribution in [0, 0.1) is 0 Å². The molecule has 0 radical (unpaired) electrons. The third-order valence-corrected chi connectivity index (χ3v) is 6.16. The van der Waals surface area contributed by atoms with E-state index in [0.717, 1.165) is 41.3 Å². The highest BCUT2D eigenvalue weighted by molar-refractivity contribution is 7.99. The SMILES string of the molecule is O=C(CSc1nnc(-c2cccnc2)n1C1CC1)NCCc1c[nH]c2ccccc12. The van der Waals surface area contributed by atoms with Crippen LogP contribution in [0.4, 0.5) is 0 Å². The van der Waals surface area contributed by atoms with Gasteiger partial charge in [-0.1, -0.05) is 30.0 Å². The molecular formula is C22H22N6OS. The van der Waals surface area contributed by atoms with Crippen LogP contribution in [0.1, 0.15) is 24.4 Å². The summed E-state index contributed by atoms with van der Waals surface area (Å²) >= 11 is 1.44. The zero-order valence-electron chi connectivity index (χ0n) is 16.4. The molecule has 2 N–H and O–H groups in total. The van der Waals surface area contributed by atoms with Gasteiger partial charge in [0.15, 0.2) is 11.0 Å². The van der Waals surface area contributed by atoms with E-state index in [1.54, 1.807) is 12.4 Å². The second-order valence-corrected chi connectivity index (χ2v) is 8.34. The van der Waals surface area contributed by atoms with Crippen molar-refractivity contribution in [2.45, 2.75) is 30.5 Å². The van der Waals surface area contributed by atoms with Crippen molar-refractivity contribution in [2.75, 3.05) is 12.3 Å². The molecule has 8 heteroatoms. The van der Waals surface area contributed by atoms with Gasteiger partial charge in [0.05, 0.1) is 5.75 Å². The summed E-state index contributed by atoms with van der Waals surface area (Å²) in [6, 6.07) is 12.5. The molecule has 1 saturated carbocycles. The van der Waals surface area contributed by atoms with Crippen LogP contribution in [0.3, 0.4) is 0 Å². The summed E-state index contributed by atoms with van der Waals surface area (Å²) in [6.07, 6.45) is 8.60. The molecular weight excluding hydrogens is 396 g/mol. The van der Waals surface area contributed by atoms with Crippen LogP contribution >= 0.6 is 11.8 Å². The van der Waals surface area contributed by atoms with E-state index >= 15 is 0 Å². The molecule has 0 spiro atoms. The minimum atomic E-state index is 0.00751. The highest BCUT2D eigenvalue weighted by atomic mass is 32.2. The Balaban J connectivity index is 1.18. The molecule has 1 aromatic carbocycles. The lowest BCUT2D eigenvalue weighted by atomic mass is 10.1. The fraction of sp³-hybridized carbons (Fsp3) is 0.273. The summed E-state index contributed by atoms with van der Waals surface area (Å²) in [5, 5.41) is 13.7. The Morgan fingerprint density at radius 3 is 2.93 bits per heavy atom. The average molecular weight is 419 g/mol. The van der Waals surface area contributed by atoms with E-state index in [1.807, 2.05) is 30.5 Å². The lowest BCUT2D eigenvalue weighted by molar-refractivity contribution is -0.118. The molecule has 0 saturated heterocycles. The van der Waals surface area contributed by atoms with Crippen molar-refractivity contribution in [2.24, 2.45) is 0 Å². The van der Waals surface area contributed by atoms with Gasteiger partial charge in [-0.3, -0.25) is 14.3 Å². The number of nitrogens with zero attached hydrogens (tertiary/aromatic N) is 4. The number of thioether (sulfide) groups is 1. The number of hydrogen-bond donors (Lipinski definition) is 2. The first-order valence-electron chi connectivity index (χ1n) is 10.1. The van der Waals surface area contributed by atoms with Crippen LogP contribution in [0.2, 0.25) is 0 Å². The monoisotopic (exact) mass is 418 g/mol. The number of nitrogens with one attached hydrogen (secondary N) is 2. The second kappa shape index (κ2) is 8.31. The van der Waals surface area contributed by atoms with Gasteiger partial charge in [-0.2, -0.15) is 0 Å². The molecule has 5 rings (SSSR count). The van der Waals surface area contributed by atoms with Gasteiger partial charge in [0.1, 0.15) is 0 Å². The first-order chi connectivity index (χ1) is 14.8. The van der Waals surface area contributed by atoms with Gasteiger partial charge in [0, 0.05) is 47.6 Å². The van der Waals surface area contributed by atoms with Crippen molar-refractivity contribution in [3.05, 3.63) is 60.6 Å². The number of aromatic amines is 1. The number of H-pyrrole nitrogens is 1. The Morgan fingerprint density at radius 1 is 1.20 bits per heavy atom. The van der Waals surface area contributed by atoms with E-state index in [0.29, 0.717) is 18.3 Å². The van der Waals surface area contributed by atoms with E-state index in [4.69, 9.17) is 0 Å². The van der Waals surface area contributed by atoms with Gasteiger partial charge in [-0.05, 0) is 43.0 Å². The van der Waals surface area contributed by atoms with Gasteiger partial charge < -0.3 is 10.3 Å². The van der Waals surface area contributed by atoms with E-state index in [-0.39, 0.29) is 5.91 Å². The smallest absolute Gasteiger partial charge is 0.230 e. The number of rotatable bonds is 8. The summed E-state index contributed by atoms with van der Waals surface area (Å²) < 4.78 is 2.15. The maximum atomic E-state index is 12.4. The first kappa shape index (κ1) is 18.9. The molecule has 152 valence electrons. The van der Waals surface area contributed by atoms with E-state index in [1.165, 1.54) is 22.7 Å². The number of hydrogen-bond acceptors (Lipinski definition) is 5. The molecule has 30 heavy (non-hydrogen) atoms. The third kappa shape index (κ3) is 3.95. The Morgan fingerprint density at radius 2 is 2.10 bits per heavy atom. The van der Waals surface area contributed by atoms with Gasteiger partial charge in [0.2, 0.25) is 5.91 Å². The van der Waals surface area contributed by atoms with Crippen LogP contribution in [-0.2, 0) is 11.2 Å². The van der Waals surface area contributed by atoms with Crippen molar-refractivity contribution < 1.29 is 4.79 Å². The number of para-hydroxylation sites is 1. The van der Waals surface area contributed by atoms with Crippen LogP contribution in [-0.4, -0.2) is 42.9 Å². The second-order valence-electron chi connectivity index (χ2n) is 7.40. The van der Waals surface area contributed by atoms with E-state index in [2.05, 4.69) is 42.2 Å². The van der Waals surface area contributed by atoms with Crippen molar-refractivity contribution >= 4 is 28.6 Å². The fourth-order valence-electron chi connectivity index (χ4n) is 3.59. The molecule has 0 aliphatic heterocycles. The highest BCUT2D eigenvalue weighted by Gasteiger charge is 2.30. The van der Waals surface area contributed by atoms with Gasteiger partial charge in [-0.15, -0.1) is 10.2 Å². The zero-order chi connectivity index (χ0) is 20.3. The van der Waals surface area contributed by atoms with E-state index < -0.39 is 0 Å². The number of carbonyl (C=O) groups excluding carboxylic acids is 1. The maximum Gasteiger partial charge on any atom is 0.230 e. The number of pyridine rings is 1. The van der Waals surface area contributed by atoms with Crippen molar-refractivity contribution in [3.8, 4) is 11.4 Å². The Labute approximate surface area is 178 Å². The number of aromatic nitrogens is 5. The quantitative estimate of drug-likeness (QED) is 0.427. The number of fused-ring (bicyclic) bond motifs is 1. The van der Waals surface area contributed by atoms with Crippen LogP contribution in [0.25, 0.3) is 22.3 Å². The lowest BCUT2D eigenvalue weighted by Crippen LogP contribution is -2.27. The number of carbonyl (C=O) groups is 1. The minimum absolute atomic E-state index is 0.00751. The summed E-state index contributed by atoms with van der Waals surface area (Å²) in [5.74, 6) is 1.16. The fourth-order valence-corrected chi connectivity index (χ4v) is 4.42. The lowest BCUT2D eigenvalue weighted by Gasteiger charge is -2.09. The van der Waals surface area contributed by atoms with Crippen LogP contribution in [0.5, 0.6) is 0 Å². The molecule has 1 amide bonds. The van der Waals surface area contributed by atoms with Gasteiger partial charge >= 0.3 is 0 Å². The summed E-state index contributed by atoms with van der Waals surface area (Å²) in [7, 11) is 0.